The lowest BCUT2D eigenvalue weighted by molar-refractivity contribution is 0.350. The van der Waals surface area contributed by atoms with Crippen LogP contribution >= 0.6 is 0 Å². The Balaban J connectivity index is 0.000000711. The van der Waals surface area contributed by atoms with Crippen LogP contribution in [0.15, 0.2) is 18.2 Å². The molecule has 0 unspecified atom stereocenters. The summed E-state index contributed by atoms with van der Waals surface area (Å²) >= 11 is 0. The first-order valence-corrected chi connectivity index (χ1v) is 6.74. The van der Waals surface area contributed by atoms with Crippen molar-refractivity contribution >= 4 is 10.6 Å². The summed E-state index contributed by atoms with van der Waals surface area (Å²) in [5.74, 6) is 1.61. The lowest BCUT2D eigenvalue weighted by Crippen LogP contribution is -2.14. The molecule has 0 heterocycles. The molecular weight excluding hydrogens is 270 g/mol. The molecule has 0 atom stereocenters. The predicted octanol–water partition coefficient (Wildman–Crippen LogP) is 1.20. The molecule has 0 bridgehead atoms. The largest absolute Gasteiger partial charge is 0.493 e. The molecule has 19 heavy (non-hydrogen) atoms. The van der Waals surface area contributed by atoms with Crippen molar-refractivity contribution < 1.29 is 22.1 Å². The van der Waals surface area contributed by atoms with E-state index >= 15 is 0 Å². The van der Waals surface area contributed by atoms with Crippen molar-refractivity contribution in [1.82, 2.24) is 5.32 Å². The van der Waals surface area contributed by atoms with Crippen LogP contribution in [0.5, 0.6) is 11.5 Å². The summed E-state index contributed by atoms with van der Waals surface area (Å²) < 4.78 is 35.9. The Hall–Kier alpha value is -1.60. The minimum Gasteiger partial charge on any atom is -0.493 e. The zero-order valence-corrected chi connectivity index (χ0v) is 12.1. The average Bonchev–Trinajstić information content (AvgIpc) is 2.38. The molecule has 0 radical (unpaired) electrons. The van der Waals surface area contributed by atoms with E-state index in [1.165, 1.54) is 0 Å². The highest BCUT2D eigenvalue weighted by Gasteiger charge is 2.08. The van der Waals surface area contributed by atoms with Crippen LogP contribution in [-0.4, -0.2) is 33.4 Å². The molecule has 1 rings (SSSR count). The van der Waals surface area contributed by atoms with Crippen LogP contribution in [0.2, 0.25) is 0 Å². The highest BCUT2D eigenvalue weighted by molar-refractivity contribution is 7.59. The van der Waals surface area contributed by atoms with Crippen molar-refractivity contribution in [2.45, 2.75) is 19.9 Å². The summed E-state index contributed by atoms with van der Waals surface area (Å²) in [6.45, 7) is 3.98. The maximum absolute atomic E-state index is 8.44. The van der Waals surface area contributed by atoms with Crippen LogP contribution in [0.4, 0.5) is 0 Å². The molecule has 0 fully saturated rings. The van der Waals surface area contributed by atoms with Crippen molar-refractivity contribution in [3.63, 3.8) is 0 Å². The van der Waals surface area contributed by atoms with Gasteiger partial charge in [-0.15, -0.1) is 12.6 Å². The summed E-state index contributed by atoms with van der Waals surface area (Å²) in [6, 6.07) is 5.93. The molecule has 0 aliphatic heterocycles. The Morgan fingerprint density at radius 1 is 1.16 bits per heavy atom. The lowest BCUT2D eigenvalue weighted by Gasteiger charge is -2.12. The van der Waals surface area contributed by atoms with Gasteiger partial charge in [-0.05, 0) is 19.0 Å². The van der Waals surface area contributed by atoms with E-state index in [1.807, 2.05) is 18.2 Å². The third-order valence-corrected chi connectivity index (χ3v) is 2.23. The van der Waals surface area contributed by atoms with Gasteiger partial charge in [0.2, 0.25) is 0 Å². The highest BCUT2D eigenvalue weighted by atomic mass is 32.2. The molecule has 108 valence electrons. The number of para-hydroxylation sites is 1. The number of hydrogen-bond acceptors (Lipinski definition) is 6. The molecule has 0 spiro atoms. The van der Waals surface area contributed by atoms with Crippen molar-refractivity contribution in [1.29, 1.82) is 0 Å². The third kappa shape index (κ3) is 7.43. The van der Waals surface area contributed by atoms with Crippen molar-refractivity contribution in [2.75, 3.05) is 20.8 Å². The molecule has 0 saturated heterocycles. The van der Waals surface area contributed by atoms with Crippen LogP contribution < -0.4 is 14.8 Å². The maximum atomic E-state index is 8.44. The van der Waals surface area contributed by atoms with Crippen LogP contribution in [0.1, 0.15) is 18.9 Å². The minimum atomic E-state index is -3.11. The molecule has 0 aliphatic rings. The molecule has 1 N–H and O–H groups in total. The zero-order valence-electron chi connectivity index (χ0n) is 11.3. The van der Waals surface area contributed by atoms with E-state index in [9.17, 15) is 0 Å². The molecule has 1 aromatic carbocycles. The second-order valence-electron chi connectivity index (χ2n) is 3.53. The van der Waals surface area contributed by atoms with Crippen LogP contribution in [0.25, 0.3) is 0 Å². The van der Waals surface area contributed by atoms with Gasteiger partial charge in [-0.25, -0.2) is 0 Å². The maximum Gasteiger partial charge on any atom is 0.425 e. The van der Waals surface area contributed by atoms with Gasteiger partial charge in [-0.3, -0.25) is 0 Å². The van der Waals surface area contributed by atoms with Gasteiger partial charge in [0, 0.05) is 12.1 Å². The van der Waals surface area contributed by atoms with Crippen LogP contribution in [0, 0.1) is 0 Å². The number of hydrogen-bond donors (Lipinski definition) is 1. The van der Waals surface area contributed by atoms with E-state index in [-0.39, 0.29) is 0 Å². The Labute approximate surface area is 114 Å². The molecule has 0 saturated carbocycles. The number of rotatable bonds is 6. The van der Waals surface area contributed by atoms with Crippen molar-refractivity contribution in [3.05, 3.63) is 23.8 Å². The van der Waals surface area contributed by atoms with Crippen molar-refractivity contribution in [2.24, 2.45) is 0 Å². The molecule has 7 heteroatoms. The smallest absolute Gasteiger partial charge is 0.425 e. The lowest BCUT2D eigenvalue weighted by atomic mass is 10.2. The standard InChI is InChI=1S/C12H19NO2.O3S/c1-4-8-13-9-10-6-5-7-11(14-2)12(10)15-3;1-4(2)3/h5-7,13H,4,8-9H2,1-3H3;. The van der Waals surface area contributed by atoms with E-state index in [2.05, 4.69) is 12.2 Å². The van der Waals surface area contributed by atoms with E-state index in [1.54, 1.807) is 14.2 Å². The van der Waals surface area contributed by atoms with E-state index in [4.69, 9.17) is 22.1 Å². The molecule has 0 aliphatic carbocycles. The molecule has 6 nitrogen and oxygen atoms in total. The normalized spacial score (nSPS) is 9.21. The Kier molecular flexibility index (Phi) is 9.46. The molecule has 0 amide bonds. The van der Waals surface area contributed by atoms with Gasteiger partial charge in [0.05, 0.1) is 14.2 Å². The Morgan fingerprint density at radius 2 is 1.79 bits per heavy atom. The third-order valence-electron chi connectivity index (χ3n) is 2.23. The molecule has 0 aromatic heterocycles. The van der Waals surface area contributed by atoms with Crippen molar-refractivity contribution in [3.8, 4) is 11.5 Å². The molecule has 1 aromatic rings. The number of benzene rings is 1. The fraction of sp³-hybridized carbons (Fsp3) is 0.500. The van der Waals surface area contributed by atoms with Gasteiger partial charge in [-0.2, -0.15) is 0 Å². The number of methoxy groups -OCH3 is 2. The summed E-state index contributed by atoms with van der Waals surface area (Å²) in [6.07, 6.45) is 1.13. The minimum absolute atomic E-state index is 0.785. The second kappa shape index (κ2) is 10.3. The SMILES string of the molecule is CCCNCc1cccc(OC)c1OC.O=S(=O)=O. The van der Waals surface area contributed by atoms with E-state index < -0.39 is 10.6 Å². The predicted molar refractivity (Wildman–Crippen MR) is 71.2 cm³/mol. The summed E-state index contributed by atoms with van der Waals surface area (Å²) in [7, 11) is 0.211. The first kappa shape index (κ1) is 17.4. The number of ether oxygens (including phenoxy) is 2. The summed E-state index contributed by atoms with van der Waals surface area (Å²) in [5, 5.41) is 3.34. The van der Waals surface area contributed by atoms with Gasteiger partial charge in [0.25, 0.3) is 0 Å². The number of nitrogens with one attached hydrogen (secondary N) is 1. The van der Waals surface area contributed by atoms with Gasteiger partial charge in [-0.1, -0.05) is 19.1 Å². The Bertz CT molecular complexity index is 465. The Morgan fingerprint density at radius 3 is 2.26 bits per heavy atom. The highest BCUT2D eigenvalue weighted by Crippen LogP contribution is 2.30. The van der Waals surface area contributed by atoms with Crippen LogP contribution in [0.3, 0.4) is 0 Å². The quantitative estimate of drug-likeness (QED) is 0.792. The topological polar surface area (TPSA) is 81.7 Å². The second-order valence-corrected chi connectivity index (χ2v) is 3.94. The van der Waals surface area contributed by atoms with Crippen LogP contribution in [-0.2, 0) is 17.2 Å². The first-order chi connectivity index (χ1) is 9.06. The summed E-state index contributed by atoms with van der Waals surface area (Å²) in [5.41, 5.74) is 1.13. The average molecular weight is 289 g/mol. The van der Waals surface area contributed by atoms with Gasteiger partial charge < -0.3 is 14.8 Å². The fourth-order valence-corrected chi connectivity index (χ4v) is 1.49. The summed E-state index contributed by atoms with van der Waals surface area (Å²) in [4.78, 5) is 0. The van der Waals surface area contributed by atoms with Gasteiger partial charge >= 0.3 is 10.6 Å². The van der Waals surface area contributed by atoms with E-state index in [0.717, 1.165) is 36.6 Å². The fourth-order valence-electron chi connectivity index (χ4n) is 1.49. The van der Waals surface area contributed by atoms with Gasteiger partial charge in [0.15, 0.2) is 11.5 Å². The van der Waals surface area contributed by atoms with Gasteiger partial charge in [0.1, 0.15) is 0 Å². The zero-order chi connectivity index (χ0) is 14.7. The van der Waals surface area contributed by atoms with E-state index in [0.29, 0.717) is 0 Å². The monoisotopic (exact) mass is 289 g/mol. The first-order valence-electron chi connectivity index (χ1n) is 5.74. The molecular formula is C12H19NO5S.